The lowest BCUT2D eigenvalue weighted by atomic mass is 9.81. The number of fused-ring (bicyclic) bond motifs is 6. The molecule has 2 heteroatoms. The van der Waals surface area contributed by atoms with E-state index in [9.17, 15) is 0 Å². The largest absolute Gasteiger partial charge is 0.309 e. The first-order valence-corrected chi connectivity index (χ1v) is 21.8. The van der Waals surface area contributed by atoms with Crippen LogP contribution < -0.4 is 0 Å². The molecule has 0 bridgehead atoms. The summed E-state index contributed by atoms with van der Waals surface area (Å²) in [6, 6.07) is 76.3. The molecule has 2 heterocycles. The summed E-state index contributed by atoms with van der Waals surface area (Å²) in [5, 5.41) is 5.20. The van der Waals surface area contributed by atoms with Gasteiger partial charge < -0.3 is 4.57 Å². The van der Waals surface area contributed by atoms with Crippen molar-refractivity contribution < 1.29 is 0 Å². The summed E-state index contributed by atoms with van der Waals surface area (Å²) in [5.74, 6) is 0.204. The Balaban J connectivity index is 1.03. The minimum absolute atomic E-state index is 0.204. The molecule has 0 aliphatic rings. The minimum atomic E-state index is 0.204. The smallest absolute Gasteiger partial charge is 0.0541 e. The quantitative estimate of drug-likeness (QED) is 0.145. The van der Waals surface area contributed by atoms with Gasteiger partial charge in [0.1, 0.15) is 0 Å². The molecule has 1 unspecified atom stereocenters. The van der Waals surface area contributed by atoms with Crippen molar-refractivity contribution >= 4 is 53.3 Å². The highest BCUT2D eigenvalue weighted by atomic mass is 32.1. The molecule has 0 N–H and O–H groups in total. The zero-order valence-corrected chi connectivity index (χ0v) is 34.6. The summed E-state index contributed by atoms with van der Waals surface area (Å²) >= 11 is 1.91. The van der Waals surface area contributed by atoms with E-state index in [4.69, 9.17) is 0 Å². The Labute approximate surface area is 355 Å². The molecule has 2 aromatic heterocycles. The van der Waals surface area contributed by atoms with Crippen LogP contribution in [0.1, 0.15) is 36.0 Å². The molecule has 0 saturated carbocycles. The number of aromatic nitrogens is 1. The fourth-order valence-corrected chi connectivity index (χ4v) is 10.7. The Morgan fingerprint density at radius 3 is 1.87 bits per heavy atom. The first kappa shape index (κ1) is 36.1. The highest BCUT2D eigenvalue weighted by Gasteiger charge is 2.22. The third-order valence-electron chi connectivity index (χ3n) is 12.5. The lowest BCUT2D eigenvalue weighted by molar-refractivity contribution is 0.780. The number of hydrogen-bond acceptors (Lipinski definition) is 1. The highest BCUT2D eigenvalue weighted by Crippen LogP contribution is 2.46. The third-order valence-corrected chi connectivity index (χ3v) is 13.7. The van der Waals surface area contributed by atoms with E-state index in [1.807, 2.05) is 11.3 Å². The Hall–Kier alpha value is -7.00. The van der Waals surface area contributed by atoms with Crippen LogP contribution in [0.3, 0.4) is 0 Å². The van der Waals surface area contributed by atoms with Crippen molar-refractivity contribution in [1.29, 1.82) is 0 Å². The van der Waals surface area contributed by atoms with E-state index in [1.54, 1.807) is 0 Å². The number of aryl methyl sites for hydroxylation is 1. The van der Waals surface area contributed by atoms with Crippen molar-refractivity contribution in [3.8, 4) is 50.2 Å². The second kappa shape index (κ2) is 15.0. The van der Waals surface area contributed by atoms with Crippen LogP contribution in [-0.2, 0) is 0 Å². The monoisotopic (exact) mass is 785 g/mol. The van der Waals surface area contributed by atoms with Gasteiger partial charge in [0.15, 0.2) is 0 Å². The Kier molecular flexibility index (Phi) is 9.02. The van der Waals surface area contributed by atoms with Crippen molar-refractivity contribution in [2.75, 3.05) is 0 Å². The van der Waals surface area contributed by atoms with E-state index in [0.29, 0.717) is 0 Å². The van der Waals surface area contributed by atoms with Gasteiger partial charge in [0.05, 0.1) is 11.0 Å². The van der Waals surface area contributed by atoms with Crippen LogP contribution >= 0.6 is 11.3 Å². The van der Waals surface area contributed by atoms with Gasteiger partial charge in [-0.05, 0) is 129 Å². The summed E-state index contributed by atoms with van der Waals surface area (Å²) in [5.41, 5.74) is 17.7. The first-order chi connectivity index (χ1) is 29.6. The maximum absolute atomic E-state index is 2.49. The van der Waals surface area contributed by atoms with Gasteiger partial charge >= 0.3 is 0 Å². The lowest BCUT2D eigenvalue weighted by Crippen LogP contribution is -2.03. The standard InChI is InChI=1S/C58H43NS/c1-3-46(44-36-52(58-54(37-44)50-23-13-15-25-57(50)60-58)41-30-28-40(29-31-41)39-16-6-4-7-17-39)47-20-10-11-21-48(47)51-34-42(27-26-38(51)2)43-32-33-56-53(35-43)49-22-12-14-24-55(49)59(56)45-18-8-5-9-19-45/h4-37,46H,3H2,1-2H3. The molecule has 0 aliphatic carbocycles. The molecule has 9 aromatic carbocycles. The SMILES string of the molecule is CCC(c1cc(-c2ccc(-c3ccccc3)cc2)c2sc3ccccc3c2c1)c1ccccc1-c1cc(-c2ccc3c(c2)c2ccccc2n3-c2ccccc2)ccc1C. The van der Waals surface area contributed by atoms with Gasteiger partial charge in [-0.25, -0.2) is 0 Å². The predicted molar refractivity (Wildman–Crippen MR) is 259 cm³/mol. The summed E-state index contributed by atoms with van der Waals surface area (Å²) in [7, 11) is 0. The number of thiophene rings is 1. The number of benzene rings is 9. The average molecular weight is 786 g/mol. The van der Waals surface area contributed by atoms with Gasteiger partial charge in [-0.2, -0.15) is 0 Å². The Morgan fingerprint density at radius 1 is 0.433 bits per heavy atom. The van der Waals surface area contributed by atoms with E-state index < -0.39 is 0 Å². The maximum atomic E-state index is 2.49. The molecule has 0 fully saturated rings. The molecule has 60 heavy (non-hydrogen) atoms. The van der Waals surface area contributed by atoms with E-state index in [2.05, 4.69) is 225 Å². The molecule has 11 rings (SSSR count). The highest BCUT2D eigenvalue weighted by molar-refractivity contribution is 7.26. The second-order valence-corrected chi connectivity index (χ2v) is 17.0. The number of rotatable bonds is 8. The van der Waals surface area contributed by atoms with E-state index in [1.165, 1.54) is 109 Å². The molecule has 286 valence electrons. The van der Waals surface area contributed by atoms with Crippen molar-refractivity contribution in [3.05, 3.63) is 223 Å². The van der Waals surface area contributed by atoms with Crippen LogP contribution in [0.5, 0.6) is 0 Å². The molecular weight excluding hydrogens is 743 g/mol. The van der Waals surface area contributed by atoms with E-state index in [-0.39, 0.29) is 5.92 Å². The average Bonchev–Trinajstić information content (AvgIpc) is 3.86. The van der Waals surface area contributed by atoms with Crippen LogP contribution in [0.4, 0.5) is 0 Å². The first-order valence-electron chi connectivity index (χ1n) is 21.0. The molecule has 0 aliphatic heterocycles. The van der Waals surface area contributed by atoms with Gasteiger partial charge in [-0.3, -0.25) is 0 Å². The van der Waals surface area contributed by atoms with E-state index in [0.717, 1.165) is 6.42 Å². The van der Waals surface area contributed by atoms with Crippen molar-refractivity contribution in [3.63, 3.8) is 0 Å². The number of hydrogen-bond donors (Lipinski definition) is 0. The number of nitrogens with zero attached hydrogens (tertiary/aromatic N) is 1. The molecule has 11 aromatic rings. The zero-order chi connectivity index (χ0) is 40.2. The van der Waals surface area contributed by atoms with Crippen molar-refractivity contribution in [2.24, 2.45) is 0 Å². The van der Waals surface area contributed by atoms with Gasteiger partial charge in [-0.1, -0.05) is 159 Å². The Bertz CT molecular complexity index is 3350. The van der Waals surface area contributed by atoms with Crippen LogP contribution in [0.2, 0.25) is 0 Å². The number of para-hydroxylation sites is 2. The molecule has 0 amide bonds. The molecule has 0 saturated heterocycles. The Morgan fingerprint density at radius 2 is 1.05 bits per heavy atom. The molecule has 1 atom stereocenters. The van der Waals surface area contributed by atoms with Gasteiger partial charge in [-0.15, -0.1) is 11.3 Å². The van der Waals surface area contributed by atoms with E-state index >= 15 is 0 Å². The summed E-state index contributed by atoms with van der Waals surface area (Å²) in [4.78, 5) is 0. The van der Waals surface area contributed by atoms with Crippen LogP contribution in [0.25, 0.3) is 92.2 Å². The summed E-state index contributed by atoms with van der Waals surface area (Å²) < 4.78 is 5.07. The van der Waals surface area contributed by atoms with Crippen molar-refractivity contribution in [2.45, 2.75) is 26.2 Å². The lowest BCUT2D eigenvalue weighted by Gasteiger charge is -2.22. The fraction of sp³-hybridized carbons (Fsp3) is 0.0690. The van der Waals surface area contributed by atoms with Crippen molar-refractivity contribution in [1.82, 2.24) is 4.57 Å². The topological polar surface area (TPSA) is 4.93 Å². The summed E-state index contributed by atoms with van der Waals surface area (Å²) in [6.07, 6.45) is 0.984. The normalized spacial score (nSPS) is 12.2. The summed E-state index contributed by atoms with van der Waals surface area (Å²) in [6.45, 7) is 4.60. The molecule has 1 nitrogen and oxygen atoms in total. The molecule has 0 radical (unpaired) electrons. The fourth-order valence-electron chi connectivity index (χ4n) is 9.52. The van der Waals surface area contributed by atoms with Gasteiger partial charge in [0, 0.05) is 42.6 Å². The maximum Gasteiger partial charge on any atom is 0.0541 e. The van der Waals surface area contributed by atoms with Crippen LogP contribution in [0.15, 0.2) is 206 Å². The predicted octanol–water partition coefficient (Wildman–Crippen LogP) is 16.7. The van der Waals surface area contributed by atoms with Gasteiger partial charge in [0.25, 0.3) is 0 Å². The minimum Gasteiger partial charge on any atom is -0.309 e. The third kappa shape index (κ3) is 6.15. The van der Waals surface area contributed by atoms with Gasteiger partial charge in [0.2, 0.25) is 0 Å². The van der Waals surface area contributed by atoms with Crippen LogP contribution in [0, 0.1) is 6.92 Å². The zero-order valence-electron chi connectivity index (χ0n) is 33.8. The molecule has 0 spiro atoms. The second-order valence-electron chi connectivity index (χ2n) is 16.0. The van der Waals surface area contributed by atoms with Crippen LogP contribution in [-0.4, -0.2) is 4.57 Å². The molecular formula is C58H43NS.